The average Bonchev–Trinajstić information content (AvgIpc) is 3.14. The van der Waals surface area contributed by atoms with Crippen LogP contribution in [-0.2, 0) is 22.4 Å². The predicted octanol–water partition coefficient (Wildman–Crippen LogP) is 6.38. The van der Waals surface area contributed by atoms with Crippen LogP contribution in [0.25, 0.3) is 11.1 Å². The Labute approximate surface area is 248 Å². The van der Waals surface area contributed by atoms with E-state index in [1.54, 1.807) is 30.6 Å². The number of hydrogen-bond donors (Lipinski definition) is 2. The first-order valence-corrected chi connectivity index (χ1v) is 13.9. The number of carbonyl (C=O) groups is 2. The standard InChI is InChI=1S/C34H26ClN5O2/c35-26-12-15-28-29(20-26)40-34(42)30(19-22-6-4-9-25(18-22)23-7-2-1-3-8-23)39-33(28)24-10-13-27(14-11-24)38-32(41)21-31-36-16-5-17-37-31/h1-18,20,30H,19,21H2,(H,38,41)(H,40,42). The van der Waals surface area contributed by atoms with Gasteiger partial charge in [0.2, 0.25) is 11.8 Å². The van der Waals surface area contributed by atoms with Crippen molar-refractivity contribution in [2.45, 2.75) is 18.9 Å². The normalized spacial score (nSPS) is 14.3. The fourth-order valence-corrected chi connectivity index (χ4v) is 5.08. The first kappa shape index (κ1) is 27.1. The smallest absolute Gasteiger partial charge is 0.249 e. The highest BCUT2D eigenvalue weighted by Gasteiger charge is 2.26. The Kier molecular flexibility index (Phi) is 7.83. The lowest BCUT2D eigenvalue weighted by atomic mass is 9.98. The minimum atomic E-state index is -0.664. The third-order valence-electron chi connectivity index (χ3n) is 6.93. The van der Waals surface area contributed by atoms with Crippen LogP contribution in [0.5, 0.6) is 0 Å². The molecule has 0 aliphatic carbocycles. The SMILES string of the molecule is O=C(Cc1ncccn1)Nc1ccc(C2=NC(Cc3cccc(-c4ccccc4)c3)C(=O)Nc3cc(Cl)ccc32)cc1. The van der Waals surface area contributed by atoms with E-state index in [1.807, 2.05) is 60.7 Å². The molecule has 1 aliphatic rings. The van der Waals surface area contributed by atoms with Gasteiger partial charge >= 0.3 is 0 Å². The number of halogens is 1. The predicted molar refractivity (Wildman–Crippen MR) is 166 cm³/mol. The molecule has 42 heavy (non-hydrogen) atoms. The van der Waals surface area contributed by atoms with E-state index in [9.17, 15) is 9.59 Å². The van der Waals surface area contributed by atoms with Gasteiger partial charge in [-0.3, -0.25) is 14.6 Å². The molecule has 0 radical (unpaired) electrons. The monoisotopic (exact) mass is 571 g/mol. The van der Waals surface area contributed by atoms with Crippen LogP contribution in [0.4, 0.5) is 11.4 Å². The number of amides is 2. The van der Waals surface area contributed by atoms with Crippen LogP contribution in [0.2, 0.25) is 5.02 Å². The molecule has 0 saturated carbocycles. The maximum atomic E-state index is 13.4. The fourth-order valence-electron chi connectivity index (χ4n) is 4.91. The number of nitrogens with zero attached hydrogens (tertiary/aromatic N) is 3. The first-order chi connectivity index (χ1) is 20.5. The van der Waals surface area contributed by atoms with Crippen molar-refractivity contribution in [1.82, 2.24) is 9.97 Å². The highest BCUT2D eigenvalue weighted by molar-refractivity contribution is 6.31. The second kappa shape index (κ2) is 12.2. The fraction of sp³-hybridized carbons (Fsp3) is 0.0882. The summed E-state index contributed by atoms with van der Waals surface area (Å²) in [4.78, 5) is 39.1. The summed E-state index contributed by atoms with van der Waals surface area (Å²) in [6.45, 7) is 0. The van der Waals surface area contributed by atoms with Crippen LogP contribution in [-0.4, -0.2) is 33.5 Å². The Hall–Kier alpha value is -5.14. The largest absolute Gasteiger partial charge is 0.326 e. The van der Waals surface area contributed by atoms with Crippen LogP contribution in [0.3, 0.4) is 0 Å². The minimum absolute atomic E-state index is 0.0738. The van der Waals surface area contributed by atoms with Gasteiger partial charge in [0.1, 0.15) is 11.9 Å². The van der Waals surface area contributed by atoms with Gasteiger partial charge < -0.3 is 10.6 Å². The molecule has 8 heteroatoms. The molecular weight excluding hydrogens is 546 g/mol. The van der Waals surface area contributed by atoms with Crippen molar-refractivity contribution in [2.75, 3.05) is 10.6 Å². The summed E-state index contributed by atoms with van der Waals surface area (Å²) in [6, 6.07) is 32.1. The van der Waals surface area contributed by atoms with E-state index in [0.717, 1.165) is 27.8 Å². The molecule has 0 fully saturated rings. The van der Waals surface area contributed by atoms with E-state index in [-0.39, 0.29) is 18.2 Å². The van der Waals surface area contributed by atoms with Crippen LogP contribution in [0.15, 0.2) is 121 Å². The van der Waals surface area contributed by atoms with Gasteiger partial charge in [-0.2, -0.15) is 0 Å². The van der Waals surface area contributed by atoms with Gasteiger partial charge in [0, 0.05) is 40.7 Å². The molecule has 206 valence electrons. The van der Waals surface area contributed by atoms with E-state index in [1.165, 1.54) is 0 Å². The van der Waals surface area contributed by atoms with Crippen molar-refractivity contribution in [3.05, 3.63) is 143 Å². The van der Waals surface area contributed by atoms with Crippen LogP contribution >= 0.6 is 11.6 Å². The molecule has 1 unspecified atom stereocenters. The highest BCUT2D eigenvalue weighted by Crippen LogP contribution is 2.29. The van der Waals surface area contributed by atoms with Gasteiger partial charge in [-0.05, 0) is 53.1 Å². The number of aliphatic imine (C=N–C) groups is 1. The van der Waals surface area contributed by atoms with E-state index in [2.05, 4.69) is 44.9 Å². The molecular formula is C34H26ClN5O2. The van der Waals surface area contributed by atoms with Gasteiger partial charge in [0.05, 0.1) is 17.8 Å². The van der Waals surface area contributed by atoms with Crippen molar-refractivity contribution in [1.29, 1.82) is 0 Å². The summed E-state index contributed by atoms with van der Waals surface area (Å²) in [7, 11) is 0. The van der Waals surface area contributed by atoms with E-state index < -0.39 is 6.04 Å². The van der Waals surface area contributed by atoms with Gasteiger partial charge in [-0.25, -0.2) is 9.97 Å². The molecule has 2 amide bonds. The molecule has 7 nitrogen and oxygen atoms in total. The molecule has 2 heterocycles. The third-order valence-corrected chi connectivity index (χ3v) is 7.16. The van der Waals surface area contributed by atoms with E-state index in [4.69, 9.17) is 16.6 Å². The van der Waals surface area contributed by atoms with Gasteiger partial charge in [-0.15, -0.1) is 0 Å². The number of carbonyl (C=O) groups excluding carboxylic acids is 2. The number of hydrogen-bond acceptors (Lipinski definition) is 5. The Bertz CT molecular complexity index is 1770. The van der Waals surface area contributed by atoms with Crippen LogP contribution < -0.4 is 10.6 Å². The third kappa shape index (κ3) is 6.27. The van der Waals surface area contributed by atoms with Gasteiger partial charge in [0.25, 0.3) is 0 Å². The van der Waals surface area contributed by atoms with E-state index >= 15 is 0 Å². The number of benzene rings is 4. The number of anilines is 2. The van der Waals surface area contributed by atoms with Crippen molar-refractivity contribution in [3.63, 3.8) is 0 Å². The van der Waals surface area contributed by atoms with Crippen molar-refractivity contribution in [2.24, 2.45) is 4.99 Å². The number of aromatic nitrogens is 2. The Balaban J connectivity index is 1.28. The second-order valence-corrected chi connectivity index (χ2v) is 10.3. The summed E-state index contributed by atoms with van der Waals surface area (Å²) in [6.07, 6.45) is 3.71. The lowest BCUT2D eigenvalue weighted by molar-refractivity contribution is -0.117. The topological polar surface area (TPSA) is 96.3 Å². The Morgan fingerprint density at radius 3 is 2.36 bits per heavy atom. The first-order valence-electron chi connectivity index (χ1n) is 13.5. The van der Waals surface area contributed by atoms with Crippen molar-refractivity contribution in [3.8, 4) is 11.1 Å². The van der Waals surface area contributed by atoms with Crippen LogP contribution in [0, 0.1) is 0 Å². The summed E-state index contributed by atoms with van der Waals surface area (Å²) in [5, 5.41) is 6.43. The maximum Gasteiger partial charge on any atom is 0.249 e. The van der Waals surface area contributed by atoms with Crippen LogP contribution in [0.1, 0.15) is 22.5 Å². The molecule has 4 aromatic carbocycles. The number of rotatable bonds is 7. The molecule has 6 rings (SSSR count). The zero-order valence-corrected chi connectivity index (χ0v) is 23.3. The highest BCUT2D eigenvalue weighted by atomic mass is 35.5. The Morgan fingerprint density at radius 2 is 1.57 bits per heavy atom. The lowest BCUT2D eigenvalue weighted by Crippen LogP contribution is -2.27. The second-order valence-electron chi connectivity index (χ2n) is 9.91. The lowest BCUT2D eigenvalue weighted by Gasteiger charge is -2.13. The number of fused-ring (bicyclic) bond motifs is 1. The molecule has 0 spiro atoms. The molecule has 2 N–H and O–H groups in total. The van der Waals surface area contributed by atoms with Gasteiger partial charge in [-0.1, -0.05) is 78.3 Å². The number of nitrogens with one attached hydrogen (secondary N) is 2. The summed E-state index contributed by atoms with van der Waals surface area (Å²) < 4.78 is 0. The molecule has 0 saturated heterocycles. The van der Waals surface area contributed by atoms with Crippen molar-refractivity contribution >= 4 is 40.5 Å². The average molecular weight is 572 g/mol. The Morgan fingerprint density at radius 1 is 0.810 bits per heavy atom. The number of benzodiazepines with no additional fused rings is 1. The minimum Gasteiger partial charge on any atom is -0.326 e. The zero-order chi connectivity index (χ0) is 28.9. The molecule has 5 aromatic rings. The maximum absolute atomic E-state index is 13.4. The molecule has 1 atom stereocenters. The van der Waals surface area contributed by atoms with E-state index in [0.29, 0.717) is 34.4 Å². The molecule has 1 aliphatic heterocycles. The summed E-state index contributed by atoms with van der Waals surface area (Å²) >= 11 is 6.30. The summed E-state index contributed by atoms with van der Waals surface area (Å²) in [5.41, 5.74) is 6.68. The van der Waals surface area contributed by atoms with Gasteiger partial charge in [0.15, 0.2) is 0 Å². The van der Waals surface area contributed by atoms with Crippen molar-refractivity contribution < 1.29 is 9.59 Å². The zero-order valence-electron chi connectivity index (χ0n) is 22.5. The molecule has 1 aromatic heterocycles. The summed E-state index contributed by atoms with van der Waals surface area (Å²) in [5.74, 6) is 0.0335. The quantitative estimate of drug-likeness (QED) is 0.237. The molecule has 0 bridgehead atoms.